The molecule has 0 spiro atoms. The number of carbonyl (C=O) groups is 3. The Morgan fingerprint density at radius 1 is 1.31 bits per heavy atom. The Morgan fingerprint density at radius 3 is 2.74 bits per heavy atom. The maximum absolute atomic E-state index is 13.1. The number of hydrogen-bond acceptors (Lipinski definition) is 12. The molecule has 16 heteroatoms. The second-order valence-corrected chi connectivity index (χ2v) is 11.2. The highest BCUT2D eigenvalue weighted by Crippen LogP contribution is 2.41. The Morgan fingerprint density at radius 2 is 2.08 bits per heavy atom. The number of nitrogens with two attached hydrogens (primary N) is 1. The summed E-state index contributed by atoms with van der Waals surface area (Å²) >= 11 is 3.84. The lowest BCUT2D eigenvalue weighted by atomic mass is 10.0. The van der Waals surface area contributed by atoms with E-state index in [1.165, 1.54) is 35.5 Å². The highest BCUT2D eigenvalue weighted by atomic mass is 32.2. The van der Waals surface area contributed by atoms with Gasteiger partial charge in [0.25, 0.3) is 11.8 Å². The van der Waals surface area contributed by atoms with Crippen molar-refractivity contribution in [1.29, 1.82) is 0 Å². The molecule has 0 aliphatic carbocycles. The lowest BCUT2D eigenvalue weighted by Gasteiger charge is -2.49. The van der Waals surface area contributed by atoms with Gasteiger partial charge in [-0.15, -0.1) is 23.1 Å². The molecule has 39 heavy (non-hydrogen) atoms. The van der Waals surface area contributed by atoms with Crippen LogP contribution in [-0.4, -0.2) is 83.3 Å². The van der Waals surface area contributed by atoms with Gasteiger partial charge >= 0.3 is 5.97 Å². The molecule has 3 aromatic rings. The summed E-state index contributed by atoms with van der Waals surface area (Å²) in [7, 11) is 3.05. The van der Waals surface area contributed by atoms with E-state index in [1.807, 2.05) is 30.3 Å². The number of thioether (sulfide) groups is 2. The average molecular weight is 587 g/mol. The van der Waals surface area contributed by atoms with E-state index in [0.29, 0.717) is 28.1 Å². The van der Waals surface area contributed by atoms with E-state index >= 15 is 0 Å². The first-order chi connectivity index (χ1) is 18.8. The molecule has 2 amide bonds. The number of anilines is 1. The maximum Gasteiger partial charge on any atom is 0.352 e. The van der Waals surface area contributed by atoms with E-state index in [1.54, 1.807) is 17.1 Å². The van der Waals surface area contributed by atoms with Crippen LogP contribution < -0.4 is 11.1 Å². The van der Waals surface area contributed by atoms with Gasteiger partial charge in [-0.1, -0.05) is 47.2 Å². The monoisotopic (exact) mass is 586 g/mol. The van der Waals surface area contributed by atoms with Crippen molar-refractivity contribution in [3.05, 3.63) is 52.7 Å². The molecule has 5 rings (SSSR count). The topological polar surface area (TPSA) is 178 Å². The molecular formula is C23H22N8O5S3. The number of carboxylic acid groups (broad SMARTS) is 1. The minimum Gasteiger partial charge on any atom is -0.477 e. The fraction of sp³-hybridized carbons (Fsp3) is 0.261. The van der Waals surface area contributed by atoms with Gasteiger partial charge in [0.15, 0.2) is 21.8 Å². The van der Waals surface area contributed by atoms with Crippen LogP contribution in [0.1, 0.15) is 5.69 Å². The molecule has 1 unspecified atom stereocenters. The lowest BCUT2D eigenvalue weighted by Crippen LogP contribution is -2.71. The van der Waals surface area contributed by atoms with E-state index in [0.717, 1.165) is 16.9 Å². The number of amides is 2. The molecule has 2 atom stereocenters. The van der Waals surface area contributed by atoms with Gasteiger partial charge in [0.05, 0.1) is 0 Å². The third kappa shape index (κ3) is 5.22. The number of rotatable bonds is 9. The van der Waals surface area contributed by atoms with Crippen molar-refractivity contribution in [2.45, 2.75) is 16.6 Å². The van der Waals surface area contributed by atoms with E-state index in [4.69, 9.17) is 10.6 Å². The average Bonchev–Trinajstić information content (AvgIpc) is 3.53. The summed E-state index contributed by atoms with van der Waals surface area (Å²) in [6.45, 7) is 0. The minimum absolute atomic E-state index is 0.0785. The highest BCUT2D eigenvalue weighted by molar-refractivity contribution is 8.01. The number of benzene rings is 1. The fourth-order valence-corrected chi connectivity index (χ4v) is 7.00. The summed E-state index contributed by atoms with van der Waals surface area (Å²) in [5.74, 6) is -1.19. The first kappa shape index (κ1) is 26.7. The van der Waals surface area contributed by atoms with Gasteiger partial charge in [0.2, 0.25) is 0 Å². The van der Waals surface area contributed by atoms with Crippen LogP contribution in [-0.2, 0) is 26.3 Å². The van der Waals surface area contributed by atoms with Gasteiger partial charge < -0.3 is 21.0 Å². The Kier molecular flexibility index (Phi) is 7.58. The van der Waals surface area contributed by atoms with Crippen LogP contribution in [0, 0.1) is 0 Å². The van der Waals surface area contributed by atoms with Crippen molar-refractivity contribution < 1.29 is 24.3 Å². The molecule has 1 fully saturated rings. The van der Waals surface area contributed by atoms with Gasteiger partial charge in [-0.3, -0.25) is 14.5 Å². The number of β-lactam (4-membered cyclic amide) rings is 1. The SMILES string of the molecule is CO/N=C(/C(=O)N[C@@H]1C(=O)N2C(C(=O)O)=C(CSc3nc(-c4ccccc4)nn3C)CSC12)c1csc(N)n1. The Balaban J connectivity index is 1.30. The predicted octanol–water partition coefficient (Wildman–Crippen LogP) is 1.40. The van der Waals surface area contributed by atoms with Crippen LogP contribution in [0.2, 0.25) is 0 Å². The molecule has 1 saturated heterocycles. The number of carboxylic acids is 1. The number of aromatic nitrogens is 4. The second-order valence-electron chi connectivity index (χ2n) is 8.31. The van der Waals surface area contributed by atoms with Gasteiger partial charge in [-0.2, -0.15) is 5.10 Å². The van der Waals surface area contributed by atoms with Crippen molar-refractivity contribution in [1.82, 2.24) is 30.0 Å². The Bertz CT molecular complexity index is 1500. The summed E-state index contributed by atoms with van der Waals surface area (Å²) in [6, 6.07) is 8.60. The number of hydrogen-bond donors (Lipinski definition) is 3. The molecule has 0 radical (unpaired) electrons. The zero-order valence-corrected chi connectivity index (χ0v) is 23.0. The second kappa shape index (κ2) is 11.1. The zero-order valence-electron chi connectivity index (χ0n) is 20.6. The molecule has 4 N–H and O–H groups in total. The summed E-state index contributed by atoms with van der Waals surface area (Å²) in [4.78, 5) is 52.8. The predicted molar refractivity (Wildman–Crippen MR) is 147 cm³/mol. The van der Waals surface area contributed by atoms with E-state index < -0.39 is 29.2 Å². The number of oxime groups is 1. The molecular weight excluding hydrogens is 565 g/mol. The van der Waals surface area contributed by atoms with Crippen LogP contribution in [0.4, 0.5) is 5.13 Å². The van der Waals surface area contributed by atoms with Gasteiger partial charge in [0, 0.05) is 29.5 Å². The maximum atomic E-state index is 13.1. The van der Waals surface area contributed by atoms with Crippen molar-refractivity contribution in [2.24, 2.45) is 12.2 Å². The summed E-state index contributed by atoms with van der Waals surface area (Å²) < 4.78 is 1.64. The minimum atomic E-state index is -1.21. The standard InChI is InChI=1S/C23H22N8O5S3/c1-30-23(27-17(28-30)11-6-4-3-5-7-11)39-9-12-8-37-20-15(19(33)31(20)16(12)21(34)35)26-18(32)14(29-36-2)13-10-38-22(24)25-13/h3-7,10,15,20H,8-9H2,1-2H3,(H2,24,25)(H,26,32)(H,34,35)/b29-14+/t15-,20?/m1/s1. The molecule has 2 aliphatic heterocycles. The molecule has 0 bridgehead atoms. The number of aliphatic carboxylic acids is 1. The molecule has 4 heterocycles. The van der Waals surface area contributed by atoms with Gasteiger partial charge in [-0.05, 0) is 5.57 Å². The van der Waals surface area contributed by atoms with Crippen LogP contribution >= 0.6 is 34.9 Å². The van der Waals surface area contributed by atoms with Gasteiger partial charge in [-0.25, -0.2) is 19.4 Å². The third-order valence-electron chi connectivity index (χ3n) is 5.83. The van der Waals surface area contributed by atoms with E-state index in [2.05, 4.69) is 25.5 Å². The fourth-order valence-electron chi connectivity index (χ4n) is 4.05. The number of nitrogens with one attached hydrogen (secondary N) is 1. The normalized spacial score (nSPS) is 19.0. The molecule has 2 aliphatic rings. The summed E-state index contributed by atoms with van der Waals surface area (Å²) in [6.07, 6.45) is 0. The van der Waals surface area contributed by atoms with Crippen LogP contribution in [0.3, 0.4) is 0 Å². The van der Waals surface area contributed by atoms with Crippen LogP contribution in [0.15, 0.2) is 57.3 Å². The highest BCUT2D eigenvalue weighted by Gasteiger charge is 2.54. The molecule has 202 valence electrons. The number of nitrogen functional groups attached to an aromatic ring is 1. The quantitative estimate of drug-likeness (QED) is 0.143. The summed E-state index contributed by atoms with van der Waals surface area (Å²) in [5, 5.41) is 22.6. The van der Waals surface area contributed by atoms with Crippen molar-refractivity contribution in [2.75, 3.05) is 24.3 Å². The number of nitrogens with zero attached hydrogens (tertiary/aromatic N) is 6. The van der Waals surface area contributed by atoms with Gasteiger partial charge in [0.1, 0.15) is 29.9 Å². The first-order valence-corrected chi connectivity index (χ1v) is 14.3. The largest absolute Gasteiger partial charge is 0.477 e. The lowest BCUT2D eigenvalue weighted by molar-refractivity contribution is -0.150. The Hall–Kier alpha value is -3.89. The van der Waals surface area contributed by atoms with Crippen molar-refractivity contribution >= 4 is 63.5 Å². The number of fused-ring (bicyclic) bond motifs is 1. The molecule has 2 aromatic heterocycles. The third-order valence-corrected chi connectivity index (χ3v) is 8.95. The van der Waals surface area contributed by atoms with E-state index in [9.17, 15) is 19.5 Å². The van der Waals surface area contributed by atoms with Crippen molar-refractivity contribution in [3.8, 4) is 11.4 Å². The number of aryl methyl sites for hydroxylation is 1. The first-order valence-electron chi connectivity index (χ1n) is 11.4. The zero-order chi connectivity index (χ0) is 27.7. The van der Waals surface area contributed by atoms with Crippen LogP contribution in [0.25, 0.3) is 11.4 Å². The number of carbonyl (C=O) groups excluding carboxylic acids is 2. The Labute approximate surface area is 234 Å². The molecule has 1 aromatic carbocycles. The van der Waals surface area contributed by atoms with Crippen molar-refractivity contribution in [3.63, 3.8) is 0 Å². The molecule has 0 saturated carbocycles. The number of thiazole rings is 1. The van der Waals surface area contributed by atoms with E-state index in [-0.39, 0.29) is 22.2 Å². The molecule has 13 nitrogen and oxygen atoms in total. The smallest absolute Gasteiger partial charge is 0.352 e. The van der Waals surface area contributed by atoms with Crippen LogP contribution in [0.5, 0.6) is 0 Å². The summed E-state index contributed by atoms with van der Waals surface area (Å²) in [5.41, 5.74) is 7.11.